The molecule has 1 saturated heterocycles. The number of anilines is 1. The zero-order valence-electron chi connectivity index (χ0n) is 18.2. The van der Waals surface area contributed by atoms with E-state index in [0.717, 1.165) is 22.9 Å². The van der Waals surface area contributed by atoms with Gasteiger partial charge in [0.1, 0.15) is 0 Å². The Morgan fingerprint density at radius 1 is 0.879 bits per heavy atom. The number of benzene rings is 3. The number of ether oxygens (including phenoxy) is 2. The van der Waals surface area contributed by atoms with Gasteiger partial charge in [-0.1, -0.05) is 30.3 Å². The molecule has 5 rings (SSSR count). The molecule has 0 bridgehead atoms. The van der Waals surface area contributed by atoms with Crippen LogP contribution in [-0.4, -0.2) is 44.9 Å². The molecular weight excluding hydrogens is 440 g/mol. The average molecular weight is 467 g/mol. The highest BCUT2D eigenvalue weighted by Gasteiger charge is 2.32. The van der Waals surface area contributed by atoms with Crippen LogP contribution in [0.3, 0.4) is 0 Å². The lowest BCUT2D eigenvalue weighted by Crippen LogP contribution is -2.41. The van der Waals surface area contributed by atoms with Crippen LogP contribution in [0.25, 0.3) is 10.8 Å². The second-order valence-electron chi connectivity index (χ2n) is 8.39. The molecule has 2 aliphatic heterocycles. The first kappa shape index (κ1) is 21.7. The van der Waals surface area contributed by atoms with E-state index in [-0.39, 0.29) is 16.7 Å². The molecule has 2 aliphatic rings. The minimum Gasteiger partial charge on any atom is -0.490 e. The van der Waals surface area contributed by atoms with Crippen LogP contribution >= 0.6 is 0 Å². The fraction of sp³-hybridized carbons (Fsp3) is 0.320. The van der Waals surface area contributed by atoms with Gasteiger partial charge in [-0.25, -0.2) is 8.42 Å². The molecule has 3 aromatic carbocycles. The van der Waals surface area contributed by atoms with Crippen molar-refractivity contribution in [3.8, 4) is 11.5 Å². The molecule has 0 spiro atoms. The predicted octanol–water partition coefficient (Wildman–Crippen LogP) is 4.04. The molecule has 3 aromatic rings. The van der Waals surface area contributed by atoms with Crippen LogP contribution in [0, 0.1) is 5.92 Å². The van der Waals surface area contributed by atoms with Crippen molar-refractivity contribution < 1.29 is 22.7 Å². The van der Waals surface area contributed by atoms with Crippen molar-refractivity contribution in [2.24, 2.45) is 5.92 Å². The summed E-state index contributed by atoms with van der Waals surface area (Å²) < 4.78 is 39.0. The van der Waals surface area contributed by atoms with E-state index < -0.39 is 10.0 Å². The summed E-state index contributed by atoms with van der Waals surface area (Å²) in [4.78, 5) is 13.0. The molecule has 0 aliphatic carbocycles. The Labute approximate surface area is 193 Å². The Morgan fingerprint density at radius 2 is 1.61 bits per heavy atom. The Kier molecular flexibility index (Phi) is 5.95. The average Bonchev–Trinajstić information content (AvgIpc) is 3.09. The van der Waals surface area contributed by atoms with Crippen molar-refractivity contribution in [1.82, 2.24) is 4.31 Å². The van der Waals surface area contributed by atoms with Gasteiger partial charge in [-0.05, 0) is 47.9 Å². The highest BCUT2D eigenvalue weighted by atomic mass is 32.2. The van der Waals surface area contributed by atoms with E-state index in [9.17, 15) is 13.2 Å². The van der Waals surface area contributed by atoms with E-state index in [1.54, 1.807) is 12.1 Å². The van der Waals surface area contributed by atoms with E-state index in [0.29, 0.717) is 50.6 Å². The first-order chi connectivity index (χ1) is 16.0. The monoisotopic (exact) mass is 466 g/mol. The van der Waals surface area contributed by atoms with Gasteiger partial charge in [0.05, 0.1) is 18.1 Å². The third-order valence-electron chi connectivity index (χ3n) is 6.20. The van der Waals surface area contributed by atoms with Crippen LogP contribution in [0.4, 0.5) is 5.69 Å². The maximum Gasteiger partial charge on any atom is 0.243 e. The van der Waals surface area contributed by atoms with E-state index in [4.69, 9.17) is 9.47 Å². The molecule has 1 N–H and O–H groups in total. The molecule has 33 heavy (non-hydrogen) atoms. The minimum absolute atomic E-state index is 0.0714. The highest BCUT2D eigenvalue weighted by molar-refractivity contribution is 7.89. The maximum atomic E-state index is 13.2. The Morgan fingerprint density at radius 3 is 2.39 bits per heavy atom. The Hall–Kier alpha value is -3.10. The van der Waals surface area contributed by atoms with Gasteiger partial charge in [0.15, 0.2) is 11.5 Å². The lowest BCUT2D eigenvalue weighted by molar-refractivity contribution is -0.120. The maximum absolute atomic E-state index is 13.2. The van der Waals surface area contributed by atoms with Crippen LogP contribution in [0.5, 0.6) is 11.5 Å². The Bertz CT molecular complexity index is 1280. The fourth-order valence-electron chi connectivity index (χ4n) is 4.32. The summed E-state index contributed by atoms with van der Waals surface area (Å²) in [6.45, 7) is 1.64. The van der Waals surface area contributed by atoms with E-state index in [1.807, 2.05) is 42.5 Å². The van der Waals surface area contributed by atoms with Crippen LogP contribution in [-0.2, 0) is 14.8 Å². The summed E-state index contributed by atoms with van der Waals surface area (Å²) in [5, 5.41) is 5.17. The molecule has 7 nitrogen and oxygen atoms in total. The standard InChI is InChI=1S/C25H26N2O5S/c28-25(26-21-7-6-18-4-1-2-5-20(18)16-21)19-10-12-27(13-11-19)33(29,30)22-8-9-23-24(17-22)32-15-3-14-31-23/h1-2,4-9,16-17,19H,3,10-15H2,(H,26,28). The molecular formula is C25H26N2O5S. The number of nitrogens with one attached hydrogen (secondary N) is 1. The van der Waals surface area contributed by atoms with Crippen molar-refractivity contribution >= 4 is 32.4 Å². The Balaban J connectivity index is 1.23. The highest BCUT2D eigenvalue weighted by Crippen LogP contribution is 2.34. The van der Waals surface area contributed by atoms with E-state index in [1.165, 1.54) is 10.4 Å². The molecule has 0 radical (unpaired) electrons. The van der Waals surface area contributed by atoms with Crippen molar-refractivity contribution in [2.45, 2.75) is 24.2 Å². The predicted molar refractivity (Wildman–Crippen MR) is 126 cm³/mol. The van der Waals surface area contributed by atoms with Gasteiger partial charge in [-0.15, -0.1) is 0 Å². The van der Waals surface area contributed by atoms with E-state index in [2.05, 4.69) is 5.32 Å². The summed E-state index contributed by atoms with van der Waals surface area (Å²) in [6, 6.07) is 18.6. The fourth-order valence-corrected chi connectivity index (χ4v) is 5.81. The first-order valence-corrected chi connectivity index (χ1v) is 12.6. The number of sulfonamides is 1. The van der Waals surface area contributed by atoms with Crippen molar-refractivity contribution in [1.29, 1.82) is 0 Å². The summed E-state index contributed by atoms with van der Waals surface area (Å²) >= 11 is 0. The smallest absolute Gasteiger partial charge is 0.243 e. The minimum atomic E-state index is -3.67. The molecule has 0 atom stereocenters. The molecule has 0 unspecified atom stereocenters. The number of fused-ring (bicyclic) bond motifs is 2. The van der Waals surface area contributed by atoms with Gasteiger partial charge in [0.25, 0.3) is 0 Å². The van der Waals surface area contributed by atoms with Gasteiger partial charge in [-0.3, -0.25) is 4.79 Å². The van der Waals surface area contributed by atoms with Crippen molar-refractivity contribution in [3.05, 3.63) is 60.7 Å². The quantitative estimate of drug-likeness (QED) is 0.627. The lowest BCUT2D eigenvalue weighted by atomic mass is 9.97. The van der Waals surface area contributed by atoms with Gasteiger partial charge in [-0.2, -0.15) is 4.31 Å². The number of hydrogen-bond donors (Lipinski definition) is 1. The lowest BCUT2D eigenvalue weighted by Gasteiger charge is -2.30. The molecule has 172 valence electrons. The zero-order chi connectivity index (χ0) is 22.8. The van der Waals surface area contributed by atoms with Gasteiger partial charge >= 0.3 is 0 Å². The van der Waals surface area contributed by atoms with Crippen molar-refractivity contribution in [3.63, 3.8) is 0 Å². The number of piperidine rings is 1. The number of rotatable bonds is 4. The SMILES string of the molecule is O=C(Nc1ccc2ccccc2c1)C1CCN(S(=O)(=O)c2ccc3c(c2)OCCCO3)CC1. The topological polar surface area (TPSA) is 84.9 Å². The van der Waals surface area contributed by atoms with E-state index >= 15 is 0 Å². The normalized spacial score (nSPS) is 17.5. The molecule has 1 amide bonds. The number of nitrogens with zero attached hydrogens (tertiary/aromatic N) is 1. The molecule has 2 heterocycles. The number of hydrogen-bond acceptors (Lipinski definition) is 5. The van der Waals surface area contributed by atoms with Gasteiger partial charge < -0.3 is 14.8 Å². The summed E-state index contributed by atoms with van der Waals surface area (Å²) in [5.74, 6) is 0.721. The molecule has 0 aromatic heterocycles. The van der Waals surface area contributed by atoms with Gasteiger partial charge in [0, 0.05) is 37.2 Å². The van der Waals surface area contributed by atoms with Crippen LogP contribution < -0.4 is 14.8 Å². The molecule has 0 saturated carbocycles. The number of carbonyl (C=O) groups excluding carboxylic acids is 1. The molecule has 1 fully saturated rings. The number of carbonyl (C=O) groups is 1. The van der Waals surface area contributed by atoms with Crippen LogP contribution in [0.15, 0.2) is 65.6 Å². The third-order valence-corrected chi connectivity index (χ3v) is 8.09. The summed E-state index contributed by atoms with van der Waals surface area (Å²) in [5.41, 5.74) is 0.751. The second-order valence-corrected chi connectivity index (χ2v) is 10.3. The largest absolute Gasteiger partial charge is 0.490 e. The summed E-state index contributed by atoms with van der Waals surface area (Å²) in [7, 11) is -3.67. The van der Waals surface area contributed by atoms with Crippen molar-refractivity contribution in [2.75, 3.05) is 31.6 Å². The zero-order valence-corrected chi connectivity index (χ0v) is 19.0. The third kappa shape index (κ3) is 4.54. The van der Waals surface area contributed by atoms with Crippen LogP contribution in [0.1, 0.15) is 19.3 Å². The first-order valence-electron chi connectivity index (χ1n) is 11.2. The number of amides is 1. The van der Waals surface area contributed by atoms with Gasteiger partial charge in [0.2, 0.25) is 15.9 Å². The summed E-state index contributed by atoms with van der Waals surface area (Å²) in [6.07, 6.45) is 1.71. The second kappa shape index (κ2) is 9.03. The van der Waals surface area contributed by atoms with Crippen LogP contribution in [0.2, 0.25) is 0 Å². The molecule has 8 heteroatoms.